The third kappa shape index (κ3) is 2.88. The Morgan fingerprint density at radius 3 is 2.47 bits per heavy atom. The maximum absolute atomic E-state index is 12.9. The van der Waals surface area contributed by atoms with Crippen molar-refractivity contribution in [2.24, 2.45) is 0 Å². The van der Waals surface area contributed by atoms with Gasteiger partial charge in [-0.1, -0.05) is 0 Å². The average Bonchev–Trinajstić information content (AvgIpc) is 2.22. The highest BCUT2D eigenvalue weighted by Gasteiger charge is 2.07. The second kappa shape index (κ2) is 4.63. The van der Waals surface area contributed by atoms with Crippen molar-refractivity contribution in [3.05, 3.63) is 46.9 Å². The van der Waals surface area contributed by atoms with E-state index in [9.17, 15) is 8.78 Å². The lowest BCUT2D eigenvalue weighted by Gasteiger charge is -2.07. The van der Waals surface area contributed by atoms with E-state index in [-0.39, 0.29) is 16.9 Å². The molecule has 0 aliphatic heterocycles. The number of hydrogen-bond acceptors (Lipinski definition) is 3. The third-order valence-electron chi connectivity index (χ3n) is 1.95. The van der Waals surface area contributed by atoms with Crippen LogP contribution in [0.15, 0.2) is 24.4 Å². The van der Waals surface area contributed by atoms with E-state index < -0.39 is 11.6 Å². The number of aryl methyl sites for hydroxylation is 1. The van der Waals surface area contributed by atoms with Gasteiger partial charge in [0.2, 0.25) is 11.2 Å². The Bertz CT molecular complexity index is 543. The van der Waals surface area contributed by atoms with E-state index in [1.54, 1.807) is 6.92 Å². The van der Waals surface area contributed by atoms with Crippen LogP contribution in [0.4, 0.5) is 8.78 Å². The second-order valence-corrected chi connectivity index (χ2v) is 3.67. The van der Waals surface area contributed by atoms with E-state index in [1.807, 2.05) is 0 Å². The summed E-state index contributed by atoms with van der Waals surface area (Å²) in [6, 6.07) is 2.86. The van der Waals surface area contributed by atoms with Gasteiger partial charge in [0.05, 0.1) is 0 Å². The summed E-state index contributed by atoms with van der Waals surface area (Å²) in [6.07, 6.45) is 1.46. The van der Waals surface area contributed by atoms with Crippen molar-refractivity contribution >= 4 is 11.6 Å². The number of halogens is 3. The first kappa shape index (κ1) is 11.7. The molecule has 1 aromatic heterocycles. The number of ether oxygens (including phenoxy) is 1. The first-order chi connectivity index (χ1) is 8.04. The molecule has 0 N–H and O–H groups in total. The van der Waals surface area contributed by atoms with Crippen LogP contribution in [0.1, 0.15) is 5.56 Å². The van der Waals surface area contributed by atoms with Crippen molar-refractivity contribution in [3.63, 3.8) is 0 Å². The molecule has 17 heavy (non-hydrogen) atoms. The minimum absolute atomic E-state index is 0.00229. The summed E-state index contributed by atoms with van der Waals surface area (Å²) in [5.74, 6) is -1.27. The topological polar surface area (TPSA) is 35.0 Å². The molecular weight excluding hydrogens is 250 g/mol. The maximum Gasteiger partial charge on any atom is 0.226 e. The fraction of sp³-hybridized carbons (Fsp3) is 0.0909. The quantitative estimate of drug-likeness (QED) is 0.771. The lowest BCUT2D eigenvalue weighted by Crippen LogP contribution is -1.94. The summed E-state index contributed by atoms with van der Waals surface area (Å²) in [7, 11) is 0. The molecule has 1 heterocycles. The molecule has 0 spiro atoms. The van der Waals surface area contributed by atoms with Gasteiger partial charge in [0.15, 0.2) is 0 Å². The minimum Gasteiger partial charge on any atom is -0.438 e. The minimum atomic E-state index is -0.724. The summed E-state index contributed by atoms with van der Waals surface area (Å²) in [5.41, 5.74) is 0.610. The van der Waals surface area contributed by atoms with Gasteiger partial charge in [-0.15, -0.1) is 0 Å². The van der Waals surface area contributed by atoms with E-state index in [4.69, 9.17) is 16.3 Å². The monoisotopic (exact) mass is 256 g/mol. The number of benzene rings is 1. The predicted molar refractivity (Wildman–Crippen MR) is 58.2 cm³/mol. The van der Waals surface area contributed by atoms with Crippen molar-refractivity contribution in [2.75, 3.05) is 0 Å². The van der Waals surface area contributed by atoms with E-state index >= 15 is 0 Å². The lowest BCUT2D eigenvalue weighted by atomic mass is 10.3. The molecule has 0 fully saturated rings. The molecule has 0 saturated carbocycles. The van der Waals surface area contributed by atoms with Crippen molar-refractivity contribution in [3.8, 4) is 11.6 Å². The fourth-order valence-corrected chi connectivity index (χ4v) is 1.33. The summed E-state index contributed by atoms with van der Waals surface area (Å²) in [5, 5.41) is 0.00229. The van der Waals surface area contributed by atoms with Gasteiger partial charge in [0.1, 0.15) is 17.4 Å². The molecule has 0 aliphatic carbocycles. The molecule has 0 aliphatic rings. The van der Waals surface area contributed by atoms with Crippen molar-refractivity contribution in [2.45, 2.75) is 6.92 Å². The van der Waals surface area contributed by atoms with Gasteiger partial charge in [-0.3, -0.25) is 0 Å². The first-order valence-corrected chi connectivity index (χ1v) is 5.05. The van der Waals surface area contributed by atoms with Crippen LogP contribution in [-0.4, -0.2) is 9.97 Å². The van der Waals surface area contributed by atoms with E-state index in [0.717, 1.165) is 18.2 Å². The Morgan fingerprint density at radius 2 is 1.82 bits per heavy atom. The van der Waals surface area contributed by atoms with Crippen molar-refractivity contribution in [1.29, 1.82) is 0 Å². The molecule has 1 aromatic carbocycles. The number of nitrogens with zero attached hydrogens (tertiary/aromatic N) is 2. The maximum atomic E-state index is 12.9. The molecule has 2 rings (SSSR count). The highest BCUT2D eigenvalue weighted by atomic mass is 35.5. The Kier molecular flexibility index (Phi) is 3.19. The van der Waals surface area contributed by atoms with Crippen LogP contribution < -0.4 is 4.74 Å². The summed E-state index contributed by atoms with van der Waals surface area (Å²) >= 11 is 5.60. The normalized spacial score (nSPS) is 10.4. The Balaban J connectivity index is 2.34. The SMILES string of the molecule is Cc1cnc(Cl)nc1Oc1cc(F)cc(F)c1. The standard InChI is InChI=1S/C11H7ClF2N2O/c1-6-5-15-11(12)16-10(6)17-9-3-7(13)2-8(14)4-9/h2-5H,1H3. The van der Waals surface area contributed by atoms with Gasteiger partial charge in [0, 0.05) is 30.0 Å². The van der Waals surface area contributed by atoms with Gasteiger partial charge in [-0.25, -0.2) is 13.8 Å². The molecule has 2 aromatic rings. The highest BCUT2D eigenvalue weighted by molar-refractivity contribution is 6.28. The zero-order chi connectivity index (χ0) is 12.4. The molecule has 0 amide bonds. The molecule has 0 saturated heterocycles. The van der Waals surface area contributed by atoms with Crippen LogP contribution in [0.25, 0.3) is 0 Å². The van der Waals surface area contributed by atoms with Gasteiger partial charge >= 0.3 is 0 Å². The molecule has 3 nitrogen and oxygen atoms in total. The van der Waals surface area contributed by atoms with Crippen molar-refractivity contribution in [1.82, 2.24) is 9.97 Å². The van der Waals surface area contributed by atoms with E-state index in [0.29, 0.717) is 5.56 Å². The highest BCUT2D eigenvalue weighted by Crippen LogP contribution is 2.24. The van der Waals surface area contributed by atoms with Crippen LogP contribution in [-0.2, 0) is 0 Å². The molecule has 0 bridgehead atoms. The second-order valence-electron chi connectivity index (χ2n) is 3.33. The van der Waals surface area contributed by atoms with Gasteiger partial charge < -0.3 is 4.74 Å². The van der Waals surface area contributed by atoms with Gasteiger partial charge in [-0.05, 0) is 18.5 Å². The van der Waals surface area contributed by atoms with Gasteiger partial charge in [0.25, 0.3) is 0 Å². The molecule has 0 atom stereocenters. The number of hydrogen-bond donors (Lipinski definition) is 0. The fourth-order valence-electron chi connectivity index (χ4n) is 1.21. The van der Waals surface area contributed by atoms with E-state index in [1.165, 1.54) is 6.20 Å². The van der Waals surface area contributed by atoms with Crippen LogP contribution in [0, 0.1) is 18.6 Å². The third-order valence-corrected chi connectivity index (χ3v) is 2.13. The van der Waals surface area contributed by atoms with Crippen LogP contribution in [0.5, 0.6) is 11.6 Å². The molecule has 6 heteroatoms. The Hall–Kier alpha value is -1.75. The van der Waals surface area contributed by atoms with E-state index in [2.05, 4.69) is 9.97 Å². The Labute approximate surface area is 101 Å². The molecule has 88 valence electrons. The average molecular weight is 257 g/mol. The first-order valence-electron chi connectivity index (χ1n) is 4.67. The number of aromatic nitrogens is 2. The lowest BCUT2D eigenvalue weighted by molar-refractivity contribution is 0.446. The molecule has 0 unspecified atom stereocenters. The van der Waals surface area contributed by atoms with Crippen LogP contribution in [0.2, 0.25) is 5.28 Å². The number of rotatable bonds is 2. The van der Waals surface area contributed by atoms with Gasteiger partial charge in [-0.2, -0.15) is 4.98 Å². The molecular formula is C11H7ClF2N2O. The predicted octanol–water partition coefficient (Wildman–Crippen LogP) is 3.51. The zero-order valence-corrected chi connectivity index (χ0v) is 9.50. The summed E-state index contributed by atoms with van der Waals surface area (Å²) in [6.45, 7) is 1.70. The van der Waals surface area contributed by atoms with Crippen LogP contribution >= 0.6 is 11.6 Å². The van der Waals surface area contributed by atoms with Crippen LogP contribution in [0.3, 0.4) is 0 Å². The van der Waals surface area contributed by atoms with Crippen molar-refractivity contribution < 1.29 is 13.5 Å². The largest absolute Gasteiger partial charge is 0.438 e. The molecule has 0 radical (unpaired) electrons. The Morgan fingerprint density at radius 1 is 1.18 bits per heavy atom. The summed E-state index contributed by atoms with van der Waals surface area (Å²) < 4.78 is 31.1. The summed E-state index contributed by atoms with van der Waals surface area (Å²) in [4.78, 5) is 7.56. The smallest absolute Gasteiger partial charge is 0.226 e. The zero-order valence-electron chi connectivity index (χ0n) is 8.75.